The van der Waals surface area contributed by atoms with E-state index >= 15 is 0 Å². The molecule has 6 nitrogen and oxygen atoms in total. The zero-order chi connectivity index (χ0) is 24.4. The van der Waals surface area contributed by atoms with Gasteiger partial charge in [0, 0.05) is 23.7 Å². The first-order valence-corrected chi connectivity index (χ1v) is 11.9. The molecule has 0 fully saturated rings. The smallest absolute Gasteiger partial charge is 0.352 e. The largest absolute Gasteiger partial charge is 0.416 e. The van der Waals surface area contributed by atoms with Crippen molar-refractivity contribution in [3.63, 3.8) is 0 Å². The highest BCUT2D eigenvalue weighted by atomic mass is 35.5. The molecule has 0 atom stereocenters. The number of halogens is 4. The van der Waals surface area contributed by atoms with Crippen molar-refractivity contribution in [2.24, 2.45) is 0 Å². The number of rotatable bonds is 7. The molecule has 3 rings (SSSR count). The first-order chi connectivity index (χ1) is 15.4. The number of aromatic nitrogens is 2. The molecule has 1 amide bonds. The van der Waals surface area contributed by atoms with E-state index in [9.17, 15) is 26.4 Å². The molecule has 0 saturated carbocycles. The number of hydrogen-bond acceptors (Lipinski definition) is 4. The highest BCUT2D eigenvalue weighted by Crippen LogP contribution is 2.33. The van der Waals surface area contributed by atoms with Crippen LogP contribution >= 0.6 is 11.6 Å². The van der Waals surface area contributed by atoms with E-state index in [4.69, 9.17) is 11.6 Å². The summed E-state index contributed by atoms with van der Waals surface area (Å²) in [5.74, 6) is -1.16. The van der Waals surface area contributed by atoms with Gasteiger partial charge in [-0.3, -0.25) is 4.79 Å². The lowest BCUT2D eigenvalue weighted by atomic mass is 10.1. The van der Waals surface area contributed by atoms with Crippen molar-refractivity contribution in [2.75, 3.05) is 5.75 Å². The topological polar surface area (TPSA) is 81.1 Å². The van der Waals surface area contributed by atoms with Crippen LogP contribution in [0, 0.1) is 13.8 Å². The molecule has 3 aromatic rings. The van der Waals surface area contributed by atoms with Crippen LogP contribution < -0.4 is 5.32 Å². The Bertz CT molecular complexity index is 1270. The molecule has 2 aromatic carbocycles. The number of benzene rings is 2. The minimum Gasteiger partial charge on any atom is -0.352 e. The molecule has 0 saturated heterocycles. The summed E-state index contributed by atoms with van der Waals surface area (Å²) in [5, 5.41) is 6.94. The molecule has 0 aliphatic rings. The summed E-state index contributed by atoms with van der Waals surface area (Å²) in [6.45, 7) is 3.08. The van der Waals surface area contributed by atoms with E-state index in [1.807, 2.05) is 0 Å². The van der Waals surface area contributed by atoms with Gasteiger partial charge in [0.1, 0.15) is 0 Å². The third kappa shape index (κ3) is 6.14. The minimum atomic E-state index is -4.65. The first-order valence-electron chi connectivity index (χ1n) is 9.85. The fourth-order valence-corrected chi connectivity index (χ4v) is 4.64. The Balaban J connectivity index is 1.70. The molecule has 1 heterocycles. The molecule has 0 aliphatic carbocycles. The number of nitrogens with one attached hydrogen (secondary N) is 1. The number of amides is 1. The van der Waals surface area contributed by atoms with E-state index in [-0.39, 0.29) is 16.1 Å². The predicted octanol–water partition coefficient (Wildman–Crippen LogP) is 4.64. The van der Waals surface area contributed by atoms with Crippen LogP contribution in [0.15, 0.2) is 53.4 Å². The quantitative estimate of drug-likeness (QED) is 0.513. The van der Waals surface area contributed by atoms with Gasteiger partial charge in [-0.25, -0.2) is 13.1 Å². The van der Waals surface area contributed by atoms with Crippen LogP contribution in [0.25, 0.3) is 5.69 Å². The van der Waals surface area contributed by atoms with Crippen molar-refractivity contribution < 1.29 is 26.4 Å². The molecule has 176 valence electrons. The fourth-order valence-electron chi connectivity index (χ4n) is 3.27. The molecule has 0 aliphatic heterocycles. The van der Waals surface area contributed by atoms with Crippen LogP contribution in [0.3, 0.4) is 0 Å². The van der Waals surface area contributed by atoms with Gasteiger partial charge in [0.15, 0.2) is 9.84 Å². The number of alkyl halides is 3. The van der Waals surface area contributed by atoms with Crippen molar-refractivity contribution in [1.82, 2.24) is 15.1 Å². The van der Waals surface area contributed by atoms with Crippen molar-refractivity contribution in [1.29, 1.82) is 0 Å². The van der Waals surface area contributed by atoms with Gasteiger partial charge in [0.25, 0.3) is 0 Å². The molecule has 0 spiro atoms. The summed E-state index contributed by atoms with van der Waals surface area (Å²) in [5.41, 5.74) is 0.565. The molecule has 33 heavy (non-hydrogen) atoms. The summed E-state index contributed by atoms with van der Waals surface area (Å²) >= 11 is 5.74. The van der Waals surface area contributed by atoms with E-state index in [2.05, 4.69) is 10.4 Å². The summed E-state index contributed by atoms with van der Waals surface area (Å²) in [6, 6.07) is 11.0. The molecule has 0 unspecified atom stereocenters. The Labute approximate surface area is 194 Å². The predicted molar refractivity (Wildman–Crippen MR) is 118 cm³/mol. The standard InChI is InChI=1S/C22H21ClF3N3O3S/c1-14-11-15(2)29(28-14)18-6-3-16(20(12-18)22(24,25)26)13-27-21(30)9-10-33(31,32)19-7-4-17(23)5-8-19/h3-8,11-12H,9-10,13H2,1-2H3,(H,27,30). The molecular weight excluding hydrogens is 479 g/mol. The van der Waals surface area contributed by atoms with Gasteiger partial charge in [-0.2, -0.15) is 18.3 Å². The second-order valence-electron chi connectivity index (χ2n) is 7.48. The third-order valence-electron chi connectivity index (χ3n) is 4.90. The number of carbonyl (C=O) groups is 1. The average molecular weight is 500 g/mol. The van der Waals surface area contributed by atoms with Crippen molar-refractivity contribution >= 4 is 27.3 Å². The number of hydrogen-bond donors (Lipinski definition) is 1. The van der Waals surface area contributed by atoms with E-state index in [0.717, 1.165) is 6.07 Å². The average Bonchev–Trinajstić information content (AvgIpc) is 3.08. The van der Waals surface area contributed by atoms with Gasteiger partial charge in [0.2, 0.25) is 5.91 Å². The normalized spacial score (nSPS) is 12.1. The van der Waals surface area contributed by atoms with Gasteiger partial charge in [-0.05, 0) is 61.9 Å². The van der Waals surface area contributed by atoms with Crippen LogP contribution in [0.4, 0.5) is 13.2 Å². The molecule has 0 bridgehead atoms. The van der Waals surface area contributed by atoms with E-state index in [0.29, 0.717) is 16.4 Å². The molecule has 0 radical (unpaired) electrons. The maximum atomic E-state index is 13.7. The van der Waals surface area contributed by atoms with E-state index in [1.54, 1.807) is 19.9 Å². The zero-order valence-electron chi connectivity index (χ0n) is 17.8. The monoisotopic (exact) mass is 499 g/mol. The van der Waals surface area contributed by atoms with Gasteiger partial charge in [-0.1, -0.05) is 17.7 Å². The molecular formula is C22H21ClF3N3O3S. The van der Waals surface area contributed by atoms with Gasteiger partial charge in [0.05, 0.1) is 27.6 Å². The third-order valence-corrected chi connectivity index (χ3v) is 6.88. The van der Waals surface area contributed by atoms with Crippen LogP contribution in [-0.2, 0) is 27.4 Å². The number of carbonyl (C=O) groups excluding carboxylic acids is 1. The lowest BCUT2D eigenvalue weighted by molar-refractivity contribution is -0.138. The van der Waals surface area contributed by atoms with Gasteiger partial charge >= 0.3 is 6.18 Å². The Hall–Kier alpha value is -2.85. The summed E-state index contributed by atoms with van der Waals surface area (Å²) in [4.78, 5) is 12.2. The second-order valence-corrected chi connectivity index (χ2v) is 10.0. The first kappa shape index (κ1) is 24.8. The molecule has 1 N–H and O–H groups in total. The Morgan fingerprint density at radius 3 is 2.33 bits per heavy atom. The minimum absolute atomic E-state index is 0.0128. The Morgan fingerprint density at radius 1 is 1.09 bits per heavy atom. The highest BCUT2D eigenvalue weighted by molar-refractivity contribution is 7.91. The molecule has 1 aromatic heterocycles. The van der Waals surface area contributed by atoms with Crippen molar-refractivity contribution in [3.8, 4) is 5.69 Å². The van der Waals surface area contributed by atoms with Crippen molar-refractivity contribution in [3.05, 3.63) is 76.1 Å². The second kappa shape index (κ2) is 9.56. The zero-order valence-corrected chi connectivity index (χ0v) is 19.4. The highest BCUT2D eigenvalue weighted by Gasteiger charge is 2.34. The number of nitrogens with zero attached hydrogens (tertiary/aromatic N) is 2. The maximum Gasteiger partial charge on any atom is 0.416 e. The van der Waals surface area contributed by atoms with Crippen LogP contribution in [0.1, 0.15) is 28.9 Å². The lowest BCUT2D eigenvalue weighted by Crippen LogP contribution is -2.26. The van der Waals surface area contributed by atoms with Gasteiger partial charge in [-0.15, -0.1) is 0 Å². The summed E-state index contributed by atoms with van der Waals surface area (Å²) in [6.07, 6.45) is -5.04. The summed E-state index contributed by atoms with van der Waals surface area (Å²) in [7, 11) is -3.73. The Kier molecular flexibility index (Phi) is 7.18. The van der Waals surface area contributed by atoms with E-state index < -0.39 is 46.2 Å². The SMILES string of the molecule is Cc1cc(C)n(-c2ccc(CNC(=O)CCS(=O)(=O)c3ccc(Cl)cc3)c(C(F)(F)F)c2)n1. The van der Waals surface area contributed by atoms with E-state index in [1.165, 1.54) is 41.1 Å². The number of aryl methyl sites for hydroxylation is 2. The maximum absolute atomic E-state index is 13.7. The van der Waals surface area contributed by atoms with Gasteiger partial charge < -0.3 is 5.32 Å². The lowest BCUT2D eigenvalue weighted by Gasteiger charge is -2.16. The molecule has 11 heteroatoms. The van der Waals surface area contributed by atoms with Crippen LogP contribution in [-0.4, -0.2) is 29.9 Å². The van der Waals surface area contributed by atoms with Crippen molar-refractivity contribution in [2.45, 2.75) is 37.9 Å². The summed E-state index contributed by atoms with van der Waals surface area (Å²) < 4.78 is 67.1. The van der Waals surface area contributed by atoms with Crippen LogP contribution in [0.5, 0.6) is 0 Å². The fraction of sp³-hybridized carbons (Fsp3) is 0.273. The Morgan fingerprint density at radius 2 is 1.76 bits per heavy atom. The van der Waals surface area contributed by atoms with Crippen LogP contribution in [0.2, 0.25) is 5.02 Å². The number of sulfone groups is 1.